The molecule has 0 spiro atoms. The van der Waals surface area contributed by atoms with E-state index in [2.05, 4.69) is 15.4 Å². The molecule has 1 unspecified atom stereocenters. The fourth-order valence-electron chi connectivity index (χ4n) is 2.85. The Labute approximate surface area is 182 Å². The SMILES string of the molecule is COc1ccc(C(=O)NC(C)c2ccc(NC(N)=O)cc2)cc1S(=O)(=O)NC(C)(C)C. The molecule has 0 radical (unpaired) electrons. The molecule has 2 rings (SSSR count). The minimum atomic E-state index is -3.91. The molecule has 0 aliphatic rings. The van der Waals surface area contributed by atoms with E-state index in [4.69, 9.17) is 10.5 Å². The lowest BCUT2D eigenvalue weighted by Crippen LogP contribution is -2.40. The van der Waals surface area contributed by atoms with Crippen LogP contribution in [0.3, 0.4) is 0 Å². The van der Waals surface area contributed by atoms with Crippen LogP contribution in [0, 0.1) is 0 Å². The molecule has 31 heavy (non-hydrogen) atoms. The van der Waals surface area contributed by atoms with Gasteiger partial charge in [0.05, 0.1) is 13.2 Å². The molecule has 2 aromatic rings. The van der Waals surface area contributed by atoms with Gasteiger partial charge in [0.2, 0.25) is 10.0 Å². The van der Waals surface area contributed by atoms with Crippen LogP contribution < -0.4 is 25.8 Å². The van der Waals surface area contributed by atoms with Crippen LogP contribution in [0.25, 0.3) is 0 Å². The summed E-state index contributed by atoms with van der Waals surface area (Å²) in [6.45, 7) is 6.95. The number of benzene rings is 2. The second-order valence-corrected chi connectivity index (χ2v) is 9.68. The predicted octanol–water partition coefficient (Wildman–Crippen LogP) is 2.75. The number of amides is 3. The van der Waals surface area contributed by atoms with Crippen LogP contribution in [0.2, 0.25) is 0 Å². The van der Waals surface area contributed by atoms with Crippen molar-refractivity contribution in [2.45, 2.75) is 44.2 Å². The van der Waals surface area contributed by atoms with Gasteiger partial charge in [0.1, 0.15) is 10.6 Å². The second kappa shape index (κ2) is 9.36. The summed E-state index contributed by atoms with van der Waals surface area (Å²) in [5, 5.41) is 5.29. The van der Waals surface area contributed by atoms with Crippen LogP contribution >= 0.6 is 0 Å². The first-order valence-electron chi connectivity index (χ1n) is 9.51. The van der Waals surface area contributed by atoms with Crippen LogP contribution in [0.4, 0.5) is 10.5 Å². The normalized spacial score (nSPS) is 12.7. The van der Waals surface area contributed by atoms with Crippen molar-refractivity contribution in [3.05, 3.63) is 53.6 Å². The maximum Gasteiger partial charge on any atom is 0.316 e. The first-order valence-corrected chi connectivity index (χ1v) is 11.0. The number of hydrogen-bond donors (Lipinski definition) is 4. The molecule has 1 atom stereocenters. The van der Waals surface area contributed by atoms with Crippen LogP contribution in [0.15, 0.2) is 47.4 Å². The van der Waals surface area contributed by atoms with Crippen molar-refractivity contribution < 1.29 is 22.7 Å². The molecular formula is C21H28N4O5S. The average molecular weight is 449 g/mol. The zero-order chi connectivity index (χ0) is 23.4. The van der Waals surface area contributed by atoms with Gasteiger partial charge >= 0.3 is 6.03 Å². The number of carbonyl (C=O) groups is 2. The number of nitrogens with one attached hydrogen (secondary N) is 3. The highest BCUT2D eigenvalue weighted by atomic mass is 32.2. The third-order valence-electron chi connectivity index (χ3n) is 4.18. The maximum atomic E-state index is 12.8. The van der Waals surface area contributed by atoms with Crippen molar-refractivity contribution in [1.29, 1.82) is 0 Å². The molecular weight excluding hydrogens is 420 g/mol. The van der Waals surface area contributed by atoms with Crippen molar-refractivity contribution in [3.63, 3.8) is 0 Å². The number of rotatable bonds is 7. The fraction of sp³-hybridized carbons (Fsp3) is 0.333. The molecule has 10 heteroatoms. The first-order chi connectivity index (χ1) is 14.3. The summed E-state index contributed by atoms with van der Waals surface area (Å²) >= 11 is 0. The van der Waals surface area contributed by atoms with Crippen LogP contribution in [-0.4, -0.2) is 33.0 Å². The zero-order valence-electron chi connectivity index (χ0n) is 18.1. The molecule has 9 nitrogen and oxygen atoms in total. The van der Waals surface area contributed by atoms with Gasteiger partial charge in [-0.15, -0.1) is 0 Å². The van der Waals surface area contributed by atoms with Crippen molar-refractivity contribution in [3.8, 4) is 5.75 Å². The molecule has 0 saturated carbocycles. The lowest BCUT2D eigenvalue weighted by molar-refractivity contribution is 0.0939. The lowest BCUT2D eigenvalue weighted by Gasteiger charge is -2.21. The average Bonchev–Trinajstić information content (AvgIpc) is 2.65. The largest absolute Gasteiger partial charge is 0.495 e. The Bertz CT molecular complexity index is 1060. The fourth-order valence-corrected chi connectivity index (χ4v) is 4.46. The second-order valence-electron chi connectivity index (χ2n) is 8.03. The number of urea groups is 1. The highest BCUT2D eigenvalue weighted by Gasteiger charge is 2.26. The van der Waals surface area contributed by atoms with Gasteiger partial charge in [-0.1, -0.05) is 12.1 Å². The van der Waals surface area contributed by atoms with E-state index < -0.39 is 27.5 Å². The van der Waals surface area contributed by atoms with Crippen molar-refractivity contribution in [2.75, 3.05) is 12.4 Å². The van der Waals surface area contributed by atoms with E-state index in [0.717, 1.165) is 5.56 Å². The van der Waals surface area contributed by atoms with Crippen LogP contribution in [-0.2, 0) is 10.0 Å². The number of hydrogen-bond acceptors (Lipinski definition) is 5. The Kier molecular flexibility index (Phi) is 7.29. The summed E-state index contributed by atoms with van der Waals surface area (Å²) in [6, 6.07) is 10.0. The highest BCUT2D eigenvalue weighted by Crippen LogP contribution is 2.26. The summed E-state index contributed by atoms with van der Waals surface area (Å²) in [6.07, 6.45) is 0. The minimum absolute atomic E-state index is 0.118. The van der Waals surface area contributed by atoms with Gasteiger partial charge in [-0.3, -0.25) is 4.79 Å². The van der Waals surface area contributed by atoms with Gasteiger partial charge in [-0.25, -0.2) is 17.9 Å². The maximum absolute atomic E-state index is 12.8. The summed E-state index contributed by atoms with van der Waals surface area (Å²) in [4.78, 5) is 23.6. The Morgan fingerprint density at radius 3 is 2.19 bits per heavy atom. The number of sulfonamides is 1. The van der Waals surface area contributed by atoms with Gasteiger partial charge in [-0.05, 0) is 63.6 Å². The molecule has 0 fully saturated rings. The number of ether oxygens (including phenoxy) is 1. The van der Waals surface area contributed by atoms with Crippen molar-refractivity contribution in [2.24, 2.45) is 5.73 Å². The van der Waals surface area contributed by atoms with Crippen LogP contribution in [0.1, 0.15) is 49.7 Å². The summed E-state index contributed by atoms with van der Waals surface area (Å²) in [7, 11) is -2.55. The number of primary amides is 1. The third kappa shape index (κ3) is 6.69. The summed E-state index contributed by atoms with van der Waals surface area (Å²) in [5.74, 6) is -0.305. The third-order valence-corrected chi connectivity index (χ3v) is 5.96. The van der Waals surface area contributed by atoms with E-state index in [1.54, 1.807) is 52.0 Å². The van der Waals surface area contributed by atoms with E-state index in [-0.39, 0.29) is 22.3 Å². The van der Waals surface area contributed by atoms with E-state index in [9.17, 15) is 18.0 Å². The molecule has 2 aromatic carbocycles. The quantitative estimate of drug-likeness (QED) is 0.516. The highest BCUT2D eigenvalue weighted by molar-refractivity contribution is 7.89. The first kappa shape index (κ1) is 24.2. The Morgan fingerprint density at radius 1 is 1.06 bits per heavy atom. The number of anilines is 1. The molecule has 168 valence electrons. The molecule has 0 aliphatic carbocycles. The van der Waals surface area contributed by atoms with E-state index in [1.807, 2.05) is 0 Å². The molecule has 0 bridgehead atoms. The van der Waals surface area contributed by atoms with Crippen LogP contribution in [0.5, 0.6) is 5.75 Å². The topological polar surface area (TPSA) is 140 Å². The van der Waals surface area contributed by atoms with Gasteiger partial charge in [0, 0.05) is 16.8 Å². The molecule has 5 N–H and O–H groups in total. The monoisotopic (exact) mass is 448 g/mol. The van der Waals surface area contributed by atoms with Gasteiger partial charge in [0.25, 0.3) is 5.91 Å². The standard InChI is InChI=1S/C21H28N4O5S/c1-13(14-6-9-16(10-7-14)24-20(22)27)23-19(26)15-8-11-17(30-5)18(12-15)31(28,29)25-21(2,3)4/h6-13,25H,1-5H3,(H,23,26)(H3,22,24,27). The molecule has 0 heterocycles. The summed E-state index contributed by atoms with van der Waals surface area (Å²) in [5.41, 5.74) is 5.88. The van der Waals surface area contributed by atoms with Crippen molar-refractivity contribution in [1.82, 2.24) is 10.0 Å². The van der Waals surface area contributed by atoms with E-state index in [1.165, 1.54) is 25.3 Å². The van der Waals surface area contributed by atoms with E-state index in [0.29, 0.717) is 5.69 Å². The van der Waals surface area contributed by atoms with Crippen molar-refractivity contribution >= 4 is 27.6 Å². The number of carbonyl (C=O) groups excluding carboxylic acids is 2. The Balaban J connectivity index is 2.24. The minimum Gasteiger partial charge on any atom is -0.495 e. The summed E-state index contributed by atoms with van der Waals surface area (Å²) < 4.78 is 33.3. The van der Waals surface area contributed by atoms with Gasteiger partial charge < -0.3 is 21.1 Å². The molecule has 0 aromatic heterocycles. The van der Waals surface area contributed by atoms with Gasteiger partial charge in [0.15, 0.2) is 0 Å². The zero-order valence-corrected chi connectivity index (χ0v) is 19.0. The molecule has 0 saturated heterocycles. The smallest absolute Gasteiger partial charge is 0.316 e. The Morgan fingerprint density at radius 2 is 1.68 bits per heavy atom. The predicted molar refractivity (Wildman–Crippen MR) is 119 cm³/mol. The molecule has 0 aliphatic heterocycles. The number of methoxy groups -OCH3 is 1. The Hall–Kier alpha value is -3.11. The lowest BCUT2D eigenvalue weighted by atomic mass is 10.1. The molecule has 3 amide bonds. The van der Waals surface area contributed by atoms with Gasteiger partial charge in [-0.2, -0.15) is 0 Å². The van der Waals surface area contributed by atoms with E-state index >= 15 is 0 Å². The number of nitrogens with two attached hydrogens (primary N) is 1.